The fourth-order valence-corrected chi connectivity index (χ4v) is 2.72. The Bertz CT molecular complexity index is 1020. The van der Waals surface area contributed by atoms with Gasteiger partial charge in [0.25, 0.3) is 5.91 Å². The van der Waals surface area contributed by atoms with Crippen molar-refractivity contribution in [3.63, 3.8) is 0 Å². The molecule has 0 saturated heterocycles. The van der Waals surface area contributed by atoms with Crippen LogP contribution in [0.3, 0.4) is 0 Å². The number of ether oxygens (including phenoxy) is 2. The summed E-state index contributed by atoms with van der Waals surface area (Å²) in [7, 11) is 0. The predicted molar refractivity (Wildman–Crippen MR) is 102 cm³/mol. The minimum atomic E-state index is -0.292. The van der Waals surface area contributed by atoms with E-state index in [1.54, 1.807) is 18.3 Å². The van der Waals surface area contributed by atoms with E-state index in [1.807, 2.05) is 44.2 Å². The molecule has 0 atom stereocenters. The molecule has 4 rings (SSSR count). The first-order valence-corrected chi connectivity index (χ1v) is 8.47. The molecule has 0 saturated carbocycles. The Labute approximate surface area is 156 Å². The van der Waals surface area contributed by atoms with Crippen molar-refractivity contribution in [2.75, 3.05) is 17.4 Å². The predicted octanol–water partition coefficient (Wildman–Crippen LogP) is 3.82. The van der Waals surface area contributed by atoms with Crippen LogP contribution in [-0.2, 0) is 0 Å². The van der Waals surface area contributed by atoms with Crippen molar-refractivity contribution in [1.82, 2.24) is 9.97 Å². The largest absolute Gasteiger partial charge is 0.454 e. The molecular formula is C20H18N4O3. The van der Waals surface area contributed by atoms with E-state index in [-0.39, 0.29) is 18.4 Å². The summed E-state index contributed by atoms with van der Waals surface area (Å²) < 4.78 is 10.7. The number of hydrogen-bond donors (Lipinski definition) is 2. The number of carbonyl (C=O) groups excluding carboxylic acids is 1. The normalized spacial score (nSPS) is 11.9. The fourth-order valence-electron chi connectivity index (χ4n) is 2.72. The fraction of sp³-hybridized carbons (Fsp3) is 0.150. The highest BCUT2D eigenvalue weighted by molar-refractivity contribution is 6.03. The van der Waals surface area contributed by atoms with Crippen molar-refractivity contribution in [2.24, 2.45) is 0 Å². The molecule has 7 nitrogen and oxygen atoms in total. The smallest absolute Gasteiger partial charge is 0.274 e. The van der Waals surface area contributed by atoms with Gasteiger partial charge in [0.2, 0.25) is 12.7 Å². The summed E-state index contributed by atoms with van der Waals surface area (Å²) >= 11 is 0. The number of anilines is 3. The zero-order valence-corrected chi connectivity index (χ0v) is 14.9. The van der Waals surface area contributed by atoms with Gasteiger partial charge in [0, 0.05) is 23.6 Å². The van der Waals surface area contributed by atoms with Gasteiger partial charge in [-0.1, -0.05) is 12.1 Å². The Balaban J connectivity index is 1.52. The van der Waals surface area contributed by atoms with Crippen LogP contribution in [0.2, 0.25) is 0 Å². The maximum Gasteiger partial charge on any atom is 0.274 e. The van der Waals surface area contributed by atoms with E-state index in [1.165, 1.54) is 0 Å². The number of fused-ring (bicyclic) bond motifs is 1. The summed E-state index contributed by atoms with van der Waals surface area (Å²) in [5.74, 6) is 1.38. The van der Waals surface area contributed by atoms with E-state index in [0.717, 1.165) is 22.5 Å². The van der Waals surface area contributed by atoms with E-state index < -0.39 is 0 Å². The summed E-state index contributed by atoms with van der Waals surface area (Å²) in [5.41, 5.74) is 3.92. The molecule has 1 aromatic heterocycles. The molecule has 0 spiro atoms. The van der Waals surface area contributed by atoms with Gasteiger partial charge in [0.15, 0.2) is 11.5 Å². The van der Waals surface area contributed by atoms with Gasteiger partial charge in [0.1, 0.15) is 5.69 Å². The van der Waals surface area contributed by atoms with E-state index >= 15 is 0 Å². The maximum atomic E-state index is 12.6. The van der Waals surface area contributed by atoms with Gasteiger partial charge in [0.05, 0.1) is 0 Å². The molecule has 0 aliphatic carbocycles. The molecule has 136 valence electrons. The molecule has 27 heavy (non-hydrogen) atoms. The summed E-state index contributed by atoms with van der Waals surface area (Å²) in [4.78, 5) is 21.0. The second-order valence-electron chi connectivity index (χ2n) is 6.16. The van der Waals surface area contributed by atoms with Crippen LogP contribution in [0.15, 0.2) is 48.7 Å². The number of carbonyl (C=O) groups is 1. The van der Waals surface area contributed by atoms with Gasteiger partial charge in [-0.05, 0) is 49.2 Å². The highest BCUT2D eigenvalue weighted by Crippen LogP contribution is 2.34. The second-order valence-corrected chi connectivity index (χ2v) is 6.16. The Morgan fingerprint density at radius 2 is 1.93 bits per heavy atom. The number of amides is 1. The van der Waals surface area contributed by atoms with Crippen molar-refractivity contribution in [2.45, 2.75) is 13.8 Å². The van der Waals surface area contributed by atoms with E-state index in [4.69, 9.17) is 9.47 Å². The number of nitrogens with one attached hydrogen (secondary N) is 2. The molecule has 3 aromatic rings. The molecule has 0 unspecified atom stereocenters. The van der Waals surface area contributed by atoms with Crippen LogP contribution < -0.4 is 20.1 Å². The van der Waals surface area contributed by atoms with Crippen molar-refractivity contribution >= 4 is 23.2 Å². The van der Waals surface area contributed by atoms with Crippen LogP contribution in [0, 0.1) is 13.8 Å². The topological polar surface area (TPSA) is 85.4 Å². The first-order valence-electron chi connectivity index (χ1n) is 8.47. The summed E-state index contributed by atoms with van der Waals surface area (Å²) in [5, 5.41) is 5.97. The number of aromatic nitrogens is 2. The van der Waals surface area contributed by atoms with Gasteiger partial charge in [-0.3, -0.25) is 4.79 Å². The van der Waals surface area contributed by atoms with Crippen LogP contribution in [0.5, 0.6) is 11.5 Å². The van der Waals surface area contributed by atoms with Crippen LogP contribution in [-0.4, -0.2) is 22.7 Å². The highest BCUT2D eigenvalue weighted by Gasteiger charge is 2.15. The number of aryl methyl sites for hydroxylation is 1. The lowest BCUT2D eigenvalue weighted by Gasteiger charge is -2.11. The summed E-state index contributed by atoms with van der Waals surface area (Å²) in [6.45, 7) is 4.18. The Kier molecular flexibility index (Phi) is 4.33. The zero-order chi connectivity index (χ0) is 18.8. The van der Waals surface area contributed by atoms with Gasteiger partial charge in [-0.2, -0.15) is 0 Å². The Hall–Kier alpha value is -3.61. The van der Waals surface area contributed by atoms with Crippen molar-refractivity contribution in [3.05, 3.63) is 65.5 Å². The number of rotatable bonds is 4. The maximum absolute atomic E-state index is 12.6. The number of hydrogen-bond acceptors (Lipinski definition) is 6. The molecule has 2 N–H and O–H groups in total. The average Bonchev–Trinajstić information content (AvgIpc) is 3.13. The highest BCUT2D eigenvalue weighted by atomic mass is 16.7. The molecule has 2 heterocycles. The molecule has 1 amide bonds. The first-order chi connectivity index (χ1) is 13.1. The zero-order valence-electron chi connectivity index (χ0n) is 14.9. The van der Waals surface area contributed by atoms with Crippen molar-refractivity contribution < 1.29 is 14.3 Å². The number of benzene rings is 2. The third-order valence-electron chi connectivity index (χ3n) is 4.37. The van der Waals surface area contributed by atoms with Gasteiger partial charge in [-0.25, -0.2) is 9.97 Å². The quantitative estimate of drug-likeness (QED) is 0.734. The lowest BCUT2D eigenvalue weighted by Crippen LogP contribution is -2.15. The Morgan fingerprint density at radius 1 is 1.07 bits per heavy atom. The van der Waals surface area contributed by atoms with Crippen LogP contribution in [0.4, 0.5) is 17.3 Å². The second kappa shape index (κ2) is 6.95. The number of nitrogens with zero attached hydrogens (tertiary/aromatic N) is 2. The van der Waals surface area contributed by atoms with Gasteiger partial charge < -0.3 is 20.1 Å². The van der Waals surface area contributed by atoms with Crippen LogP contribution in [0.25, 0.3) is 0 Å². The third kappa shape index (κ3) is 3.52. The van der Waals surface area contributed by atoms with E-state index in [9.17, 15) is 4.79 Å². The molecular weight excluding hydrogens is 344 g/mol. The molecule has 2 aromatic carbocycles. The monoisotopic (exact) mass is 362 g/mol. The van der Waals surface area contributed by atoms with Crippen molar-refractivity contribution in [3.8, 4) is 11.5 Å². The Morgan fingerprint density at radius 3 is 2.81 bits per heavy atom. The molecule has 1 aliphatic heterocycles. The SMILES string of the molecule is Cc1cccc(NC(=O)c2ccnc(Nc3ccc4c(c3)OCO4)n2)c1C. The van der Waals surface area contributed by atoms with Crippen molar-refractivity contribution in [1.29, 1.82) is 0 Å². The van der Waals surface area contributed by atoms with Crippen LogP contribution in [0.1, 0.15) is 21.6 Å². The lowest BCUT2D eigenvalue weighted by molar-refractivity contribution is 0.102. The molecule has 7 heteroatoms. The summed E-state index contributed by atoms with van der Waals surface area (Å²) in [6, 6.07) is 12.8. The molecule has 1 aliphatic rings. The lowest BCUT2D eigenvalue weighted by atomic mass is 10.1. The molecule has 0 bridgehead atoms. The molecule has 0 fully saturated rings. The van der Waals surface area contributed by atoms with E-state index in [0.29, 0.717) is 17.4 Å². The van der Waals surface area contributed by atoms with Crippen LogP contribution >= 0.6 is 0 Å². The first kappa shape index (κ1) is 16.8. The minimum absolute atomic E-state index is 0.212. The summed E-state index contributed by atoms with van der Waals surface area (Å²) in [6.07, 6.45) is 1.54. The van der Waals surface area contributed by atoms with E-state index in [2.05, 4.69) is 20.6 Å². The third-order valence-corrected chi connectivity index (χ3v) is 4.37. The van der Waals surface area contributed by atoms with Gasteiger partial charge >= 0.3 is 0 Å². The minimum Gasteiger partial charge on any atom is -0.454 e. The van der Waals surface area contributed by atoms with Gasteiger partial charge in [-0.15, -0.1) is 0 Å². The molecule has 0 radical (unpaired) electrons. The standard InChI is InChI=1S/C20H18N4O3/c1-12-4-3-5-15(13(12)2)23-19(25)16-8-9-21-20(24-16)22-14-6-7-17-18(10-14)27-11-26-17/h3-10H,11H2,1-2H3,(H,23,25)(H,21,22,24). The average molecular weight is 362 g/mol.